The number of benzene rings is 1. The van der Waals surface area contributed by atoms with Gasteiger partial charge in [0.1, 0.15) is 5.82 Å². The van der Waals surface area contributed by atoms with Gasteiger partial charge in [0.25, 0.3) is 0 Å². The van der Waals surface area contributed by atoms with E-state index in [4.69, 9.17) is 5.73 Å². The number of aromatic amines is 1. The van der Waals surface area contributed by atoms with E-state index in [1.54, 1.807) is 6.07 Å². The highest BCUT2D eigenvalue weighted by Gasteiger charge is 2.30. The van der Waals surface area contributed by atoms with Crippen molar-refractivity contribution < 1.29 is 4.39 Å². The maximum absolute atomic E-state index is 13.8. The lowest BCUT2D eigenvalue weighted by Gasteiger charge is -2.18. The van der Waals surface area contributed by atoms with Crippen LogP contribution in [0, 0.1) is 18.7 Å². The fourth-order valence-corrected chi connectivity index (χ4v) is 3.08. The first-order chi connectivity index (χ1) is 8.72. The minimum atomic E-state index is -0.191. The molecule has 2 unspecified atom stereocenters. The third-order valence-electron chi connectivity index (χ3n) is 3.98. The summed E-state index contributed by atoms with van der Waals surface area (Å²) in [5.74, 6) is 0.245. The lowest BCUT2D eigenvalue weighted by Crippen LogP contribution is -2.23. The SMILES string of the molecule is Cc1[nH]c2c(F)cccc2c1C1NCCC1CN. The Bertz CT molecular complexity index is 576. The molecule has 96 valence electrons. The van der Waals surface area contributed by atoms with Crippen LogP contribution in [0.25, 0.3) is 10.9 Å². The number of hydrogen-bond acceptors (Lipinski definition) is 2. The summed E-state index contributed by atoms with van der Waals surface area (Å²) < 4.78 is 13.8. The molecule has 0 radical (unpaired) electrons. The molecule has 0 amide bonds. The second-order valence-corrected chi connectivity index (χ2v) is 5.04. The van der Waals surface area contributed by atoms with E-state index < -0.39 is 0 Å². The van der Waals surface area contributed by atoms with Crippen LogP contribution < -0.4 is 11.1 Å². The van der Waals surface area contributed by atoms with Gasteiger partial charge in [-0.2, -0.15) is 0 Å². The van der Waals surface area contributed by atoms with Crippen molar-refractivity contribution in [2.24, 2.45) is 11.7 Å². The number of hydrogen-bond donors (Lipinski definition) is 3. The molecule has 0 aliphatic carbocycles. The van der Waals surface area contributed by atoms with Gasteiger partial charge < -0.3 is 16.0 Å². The molecule has 2 aromatic rings. The molecule has 0 saturated carbocycles. The maximum atomic E-state index is 13.8. The molecule has 18 heavy (non-hydrogen) atoms. The van der Waals surface area contributed by atoms with Crippen LogP contribution in [0.4, 0.5) is 4.39 Å². The molecule has 2 atom stereocenters. The summed E-state index contributed by atoms with van der Waals surface area (Å²) in [6, 6.07) is 5.47. The monoisotopic (exact) mass is 247 g/mol. The summed E-state index contributed by atoms with van der Waals surface area (Å²) in [5, 5.41) is 4.47. The standard InChI is InChI=1S/C14H18FN3/c1-8-12(13-9(7-16)5-6-17-13)10-3-2-4-11(15)14(10)18-8/h2-4,9,13,17-18H,5-7,16H2,1H3. The van der Waals surface area contributed by atoms with Gasteiger partial charge in [-0.05, 0) is 44.0 Å². The zero-order valence-electron chi connectivity index (χ0n) is 10.5. The molecule has 0 bridgehead atoms. The van der Waals surface area contributed by atoms with Gasteiger partial charge >= 0.3 is 0 Å². The van der Waals surface area contributed by atoms with Crippen LogP contribution in [0.5, 0.6) is 0 Å². The molecule has 1 aliphatic rings. The van der Waals surface area contributed by atoms with Crippen LogP contribution in [0.1, 0.15) is 23.7 Å². The Kier molecular flexibility index (Phi) is 2.84. The second kappa shape index (κ2) is 4.37. The first-order valence-corrected chi connectivity index (χ1v) is 6.42. The number of para-hydroxylation sites is 1. The van der Waals surface area contributed by atoms with Crippen molar-refractivity contribution in [2.45, 2.75) is 19.4 Å². The predicted octanol–water partition coefficient (Wildman–Crippen LogP) is 2.22. The number of H-pyrrole nitrogens is 1. The molecule has 0 spiro atoms. The number of halogens is 1. The molecular formula is C14H18FN3. The number of nitrogens with one attached hydrogen (secondary N) is 2. The summed E-state index contributed by atoms with van der Waals surface area (Å²) in [6.07, 6.45) is 1.09. The van der Waals surface area contributed by atoms with E-state index in [1.807, 2.05) is 13.0 Å². The number of nitrogens with two attached hydrogens (primary N) is 1. The van der Waals surface area contributed by atoms with E-state index >= 15 is 0 Å². The molecule has 4 N–H and O–H groups in total. The van der Waals surface area contributed by atoms with E-state index in [0.717, 1.165) is 24.0 Å². The Morgan fingerprint density at radius 1 is 1.44 bits per heavy atom. The highest BCUT2D eigenvalue weighted by molar-refractivity contribution is 5.85. The summed E-state index contributed by atoms with van der Waals surface area (Å²) in [5.41, 5.74) is 8.65. The molecular weight excluding hydrogens is 229 g/mol. The third kappa shape index (κ3) is 1.64. The van der Waals surface area contributed by atoms with Gasteiger partial charge in [0, 0.05) is 17.1 Å². The van der Waals surface area contributed by atoms with Gasteiger partial charge in [0.15, 0.2) is 0 Å². The van der Waals surface area contributed by atoms with Crippen LogP contribution >= 0.6 is 0 Å². The summed E-state index contributed by atoms with van der Waals surface area (Å²) in [4.78, 5) is 3.16. The number of aromatic nitrogens is 1. The van der Waals surface area contributed by atoms with Crippen LogP contribution in [-0.2, 0) is 0 Å². The lowest BCUT2D eigenvalue weighted by atomic mass is 9.92. The highest BCUT2D eigenvalue weighted by Crippen LogP contribution is 2.36. The predicted molar refractivity (Wildman–Crippen MR) is 70.9 cm³/mol. The largest absolute Gasteiger partial charge is 0.356 e. The first kappa shape index (κ1) is 11.7. The molecule has 2 heterocycles. The Labute approximate surface area is 106 Å². The average molecular weight is 247 g/mol. The van der Waals surface area contributed by atoms with Gasteiger partial charge in [-0.1, -0.05) is 12.1 Å². The van der Waals surface area contributed by atoms with Gasteiger partial charge in [0.05, 0.1) is 5.52 Å². The van der Waals surface area contributed by atoms with Crippen molar-refractivity contribution in [3.8, 4) is 0 Å². The molecule has 4 heteroatoms. The molecule has 1 aromatic heterocycles. The van der Waals surface area contributed by atoms with Crippen LogP contribution in [0.2, 0.25) is 0 Å². The zero-order chi connectivity index (χ0) is 12.7. The quantitative estimate of drug-likeness (QED) is 0.762. The zero-order valence-corrected chi connectivity index (χ0v) is 10.5. The molecule has 1 saturated heterocycles. The van der Waals surface area contributed by atoms with Crippen molar-refractivity contribution in [2.75, 3.05) is 13.1 Å². The molecule has 1 fully saturated rings. The van der Waals surface area contributed by atoms with Gasteiger partial charge in [-0.3, -0.25) is 0 Å². The Morgan fingerprint density at radius 2 is 2.28 bits per heavy atom. The molecule has 1 aliphatic heterocycles. The summed E-state index contributed by atoms with van der Waals surface area (Å²) in [7, 11) is 0. The third-order valence-corrected chi connectivity index (χ3v) is 3.98. The van der Waals surface area contributed by atoms with Crippen LogP contribution in [-0.4, -0.2) is 18.1 Å². The number of aryl methyl sites for hydroxylation is 1. The van der Waals surface area contributed by atoms with Crippen molar-refractivity contribution in [1.29, 1.82) is 0 Å². The van der Waals surface area contributed by atoms with E-state index in [2.05, 4.69) is 10.3 Å². The Hall–Kier alpha value is -1.39. The van der Waals surface area contributed by atoms with E-state index in [9.17, 15) is 4.39 Å². The Morgan fingerprint density at radius 3 is 3.06 bits per heavy atom. The minimum Gasteiger partial charge on any atom is -0.356 e. The molecule has 1 aromatic carbocycles. The lowest BCUT2D eigenvalue weighted by molar-refractivity contribution is 0.473. The molecule has 3 rings (SSSR count). The van der Waals surface area contributed by atoms with E-state index in [-0.39, 0.29) is 11.9 Å². The second-order valence-electron chi connectivity index (χ2n) is 5.04. The number of rotatable bonds is 2. The topological polar surface area (TPSA) is 53.8 Å². The minimum absolute atomic E-state index is 0.191. The van der Waals surface area contributed by atoms with Crippen LogP contribution in [0.15, 0.2) is 18.2 Å². The molecule has 3 nitrogen and oxygen atoms in total. The fourth-order valence-electron chi connectivity index (χ4n) is 3.08. The summed E-state index contributed by atoms with van der Waals surface area (Å²) >= 11 is 0. The number of fused-ring (bicyclic) bond motifs is 1. The van der Waals surface area contributed by atoms with Gasteiger partial charge in [0.2, 0.25) is 0 Å². The van der Waals surface area contributed by atoms with E-state index in [1.165, 1.54) is 11.6 Å². The van der Waals surface area contributed by atoms with Gasteiger partial charge in [-0.15, -0.1) is 0 Å². The fraction of sp³-hybridized carbons (Fsp3) is 0.429. The highest BCUT2D eigenvalue weighted by atomic mass is 19.1. The Balaban J connectivity index is 2.16. The van der Waals surface area contributed by atoms with E-state index in [0.29, 0.717) is 18.0 Å². The van der Waals surface area contributed by atoms with Crippen molar-refractivity contribution in [1.82, 2.24) is 10.3 Å². The smallest absolute Gasteiger partial charge is 0.147 e. The first-order valence-electron chi connectivity index (χ1n) is 6.42. The van der Waals surface area contributed by atoms with Crippen molar-refractivity contribution in [3.63, 3.8) is 0 Å². The average Bonchev–Trinajstić information content (AvgIpc) is 2.93. The van der Waals surface area contributed by atoms with Crippen molar-refractivity contribution >= 4 is 10.9 Å². The maximum Gasteiger partial charge on any atom is 0.147 e. The van der Waals surface area contributed by atoms with Crippen LogP contribution in [0.3, 0.4) is 0 Å². The summed E-state index contributed by atoms with van der Waals surface area (Å²) in [6.45, 7) is 3.65. The normalized spacial score (nSPS) is 23.9. The van der Waals surface area contributed by atoms with Crippen molar-refractivity contribution in [3.05, 3.63) is 35.3 Å². The van der Waals surface area contributed by atoms with Gasteiger partial charge in [-0.25, -0.2) is 4.39 Å².